The molecule has 0 saturated carbocycles. The van der Waals surface area contributed by atoms with Gasteiger partial charge in [-0.3, -0.25) is 9.59 Å². The Bertz CT molecular complexity index is 608. The summed E-state index contributed by atoms with van der Waals surface area (Å²) in [5.41, 5.74) is -0.218. The van der Waals surface area contributed by atoms with E-state index in [9.17, 15) is 9.59 Å². The molecular formula is C17H27N3O4. The lowest BCUT2D eigenvalue weighted by molar-refractivity contribution is 0.0928. The zero-order valence-corrected chi connectivity index (χ0v) is 14.9. The first-order valence-electron chi connectivity index (χ1n) is 8.22. The molecule has 0 aliphatic carbocycles. The fourth-order valence-corrected chi connectivity index (χ4v) is 1.92. The first kappa shape index (κ1) is 19.9. The summed E-state index contributed by atoms with van der Waals surface area (Å²) >= 11 is 0. The normalized spacial score (nSPS) is 11.2. The number of methoxy groups -OCH3 is 1. The van der Waals surface area contributed by atoms with Crippen molar-refractivity contribution in [1.82, 2.24) is 9.99 Å². The highest BCUT2D eigenvalue weighted by Crippen LogP contribution is 2.14. The Morgan fingerprint density at radius 3 is 2.79 bits per heavy atom. The monoisotopic (exact) mass is 337 g/mol. The Labute approximate surface area is 142 Å². The van der Waals surface area contributed by atoms with Crippen LogP contribution in [0.15, 0.2) is 22.2 Å². The first-order valence-corrected chi connectivity index (χ1v) is 8.22. The molecule has 0 aromatic carbocycles. The average Bonchev–Trinajstić information content (AvgIpc) is 2.53. The summed E-state index contributed by atoms with van der Waals surface area (Å²) in [7, 11) is 1.61. The van der Waals surface area contributed by atoms with Crippen LogP contribution >= 0.6 is 0 Å². The van der Waals surface area contributed by atoms with E-state index in [2.05, 4.69) is 10.4 Å². The fraction of sp³-hybridized carbons (Fsp3) is 0.588. The van der Waals surface area contributed by atoms with Gasteiger partial charge in [-0.15, -0.1) is 0 Å². The summed E-state index contributed by atoms with van der Waals surface area (Å²) in [5, 5.41) is 7.02. The van der Waals surface area contributed by atoms with E-state index in [1.807, 2.05) is 20.8 Å². The van der Waals surface area contributed by atoms with Crippen molar-refractivity contribution in [2.45, 2.75) is 46.1 Å². The molecule has 0 radical (unpaired) electrons. The second-order valence-corrected chi connectivity index (χ2v) is 5.61. The number of pyridine rings is 1. The maximum Gasteiger partial charge on any atom is 0.274 e. The van der Waals surface area contributed by atoms with Gasteiger partial charge in [0.05, 0.1) is 13.2 Å². The number of ether oxygens (including phenoxy) is 2. The number of rotatable bonds is 10. The van der Waals surface area contributed by atoms with E-state index in [0.717, 1.165) is 12.8 Å². The molecule has 7 nitrogen and oxygen atoms in total. The molecule has 1 aromatic rings. The van der Waals surface area contributed by atoms with Crippen LogP contribution in [0.25, 0.3) is 0 Å². The molecule has 0 unspecified atom stereocenters. The van der Waals surface area contributed by atoms with Gasteiger partial charge < -0.3 is 14.8 Å². The van der Waals surface area contributed by atoms with Crippen LogP contribution in [0.1, 0.15) is 50.5 Å². The molecule has 0 saturated heterocycles. The SMILES string of the molecule is CCCCOc1c(C(=O)NC(C)C)n(/N=C/CCOC)ccc1=O. The molecule has 0 fully saturated rings. The van der Waals surface area contributed by atoms with Crippen molar-refractivity contribution in [2.75, 3.05) is 20.3 Å². The molecule has 0 aliphatic rings. The van der Waals surface area contributed by atoms with Gasteiger partial charge in [0.15, 0.2) is 11.4 Å². The van der Waals surface area contributed by atoms with Crippen LogP contribution < -0.4 is 15.5 Å². The van der Waals surface area contributed by atoms with Gasteiger partial charge in [-0.05, 0) is 20.3 Å². The third-order valence-electron chi connectivity index (χ3n) is 3.07. The molecule has 0 spiro atoms. The molecule has 1 heterocycles. The van der Waals surface area contributed by atoms with Crippen molar-refractivity contribution in [3.8, 4) is 5.75 Å². The van der Waals surface area contributed by atoms with E-state index in [4.69, 9.17) is 9.47 Å². The molecule has 1 aromatic heterocycles. The lowest BCUT2D eigenvalue weighted by Gasteiger charge is -2.15. The number of carbonyl (C=O) groups is 1. The summed E-state index contributed by atoms with van der Waals surface area (Å²) in [5.74, 6) is -0.355. The molecule has 0 bridgehead atoms. The number of hydrogen-bond donors (Lipinski definition) is 1. The van der Waals surface area contributed by atoms with Crippen molar-refractivity contribution in [2.24, 2.45) is 5.10 Å². The topological polar surface area (TPSA) is 81.9 Å². The Morgan fingerprint density at radius 1 is 1.42 bits per heavy atom. The highest BCUT2D eigenvalue weighted by molar-refractivity contribution is 5.95. The van der Waals surface area contributed by atoms with Gasteiger partial charge in [0.1, 0.15) is 0 Å². The number of carbonyl (C=O) groups excluding carboxylic acids is 1. The Morgan fingerprint density at radius 2 is 2.17 bits per heavy atom. The second-order valence-electron chi connectivity index (χ2n) is 5.61. The zero-order valence-electron chi connectivity index (χ0n) is 14.9. The van der Waals surface area contributed by atoms with Gasteiger partial charge in [0.2, 0.25) is 5.43 Å². The van der Waals surface area contributed by atoms with E-state index in [0.29, 0.717) is 19.6 Å². The van der Waals surface area contributed by atoms with Gasteiger partial charge in [0.25, 0.3) is 5.91 Å². The fourth-order valence-electron chi connectivity index (χ4n) is 1.92. The number of hydrogen-bond acceptors (Lipinski definition) is 5. The first-order chi connectivity index (χ1) is 11.5. The van der Waals surface area contributed by atoms with E-state index in [1.54, 1.807) is 13.3 Å². The number of nitrogens with one attached hydrogen (secondary N) is 1. The third kappa shape index (κ3) is 6.16. The lowest BCUT2D eigenvalue weighted by atomic mass is 10.2. The highest BCUT2D eigenvalue weighted by Gasteiger charge is 2.20. The van der Waals surface area contributed by atoms with Crippen LogP contribution in [-0.4, -0.2) is 43.2 Å². The maximum atomic E-state index is 12.5. The number of amides is 1. The van der Waals surface area contributed by atoms with Crippen LogP contribution in [0.3, 0.4) is 0 Å². The van der Waals surface area contributed by atoms with Gasteiger partial charge >= 0.3 is 0 Å². The summed E-state index contributed by atoms with van der Waals surface area (Å²) < 4.78 is 11.9. The Balaban J connectivity index is 3.20. The average molecular weight is 337 g/mol. The van der Waals surface area contributed by atoms with E-state index < -0.39 is 5.91 Å². The van der Waals surface area contributed by atoms with Gasteiger partial charge in [-0.2, -0.15) is 5.10 Å². The molecule has 7 heteroatoms. The van der Waals surface area contributed by atoms with Gasteiger partial charge in [0, 0.05) is 38.1 Å². The van der Waals surface area contributed by atoms with Gasteiger partial charge in [-0.1, -0.05) is 13.3 Å². The molecule has 24 heavy (non-hydrogen) atoms. The lowest BCUT2D eigenvalue weighted by Crippen LogP contribution is -2.33. The molecule has 1 rings (SSSR count). The quantitative estimate of drug-likeness (QED) is 0.523. The van der Waals surface area contributed by atoms with Crippen LogP contribution in [0.4, 0.5) is 0 Å². The maximum absolute atomic E-state index is 12.5. The molecule has 134 valence electrons. The Hall–Kier alpha value is -2.15. The predicted molar refractivity (Wildman–Crippen MR) is 94.1 cm³/mol. The summed E-state index contributed by atoms with van der Waals surface area (Å²) in [6, 6.07) is 1.28. The summed E-state index contributed by atoms with van der Waals surface area (Å²) in [4.78, 5) is 24.7. The molecule has 0 atom stereocenters. The second kappa shape index (κ2) is 10.6. The van der Waals surface area contributed by atoms with Crippen LogP contribution in [-0.2, 0) is 4.74 Å². The number of nitrogens with zero attached hydrogens (tertiary/aromatic N) is 2. The third-order valence-corrected chi connectivity index (χ3v) is 3.07. The Kier molecular flexibility index (Phi) is 8.78. The smallest absolute Gasteiger partial charge is 0.274 e. The molecular weight excluding hydrogens is 310 g/mol. The van der Waals surface area contributed by atoms with E-state index >= 15 is 0 Å². The van der Waals surface area contributed by atoms with Crippen LogP contribution in [0.5, 0.6) is 5.75 Å². The minimum atomic E-state index is -0.391. The van der Waals surface area contributed by atoms with Crippen molar-refractivity contribution in [1.29, 1.82) is 0 Å². The standard InChI is InChI=1S/C17H27N3O4/c1-5-6-12-24-16-14(21)8-10-20(18-9-7-11-23-4)15(16)17(22)19-13(2)3/h8-10,13H,5-7,11-12H2,1-4H3,(H,19,22)/b18-9+. The van der Waals surface area contributed by atoms with E-state index in [-0.39, 0.29) is 22.9 Å². The van der Waals surface area contributed by atoms with Crippen molar-refractivity contribution in [3.63, 3.8) is 0 Å². The minimum Gasteiger partial charge on any atom is -0.487 e. The molecule has 1 N–H and O–H groups in total. The summed E-state index contributed by atoms with van der Waals surface area (Å²) in [6.07, 6.45) is 5.43. The number of aromatic nitrogens is 1. The highest BCUT2D eigenvalue weighted by atomic mass is 16.5. The van der Waals surface area contributed by atoms with E-state index in [1.165, 1.54) is 16.9 Å². The minimum absolute atomic E-state index is 0.0352. The van der Waals surface area contributed by atoms with Crippen LogP contribution in [0.2, 0.25) is 0 Å². The number of unbranched alkanes of at least 4 members (excludes halogenated alkanes) is 1. The van der Waals surface area contributed by atoms with Crippen molar-refractivity contribution in [3.05, 3.63) is 28.2 Å². The van der Waals surface area contributed by atoms with Gasteiger partial charge in [-0.25, -0.2) is 4.68 Å². The largest absolute Gasteiger partial charge is 0.487 e. The predicted octanol–water partition coefficient (Wildman–Crippen LogP) is 2.04. The van der Waals surface area contributed by atoms with Crippen LogP contribution in [0, 0.1) is 0 Å². The molecule has 0 aliphatic heterocycles. The summed E-state index contributed by atoms with van der Waals surface area (Å²) in [6.45, 7) is 6.63. The zero-order chi connectivity index (χ0) is 17.9. The van der Waals surface area contributed by atoms with Crippen molar-refractivity contribution >= 4 is 12.1 Å². The van der Waals surface area contributed by atoms with Crippen molar-refractivity contribution < 1.29 is 14.3 Å². The molecule has 1 amide bonds.